The number of amides is 1. The monoisotopic (exact) mass is 421 g/mol. The van der Waals surface area contributed by atoms with Crippen LogP contribution in [0, 0.1) is 23.7 Å². The number of ether oxygens (including phenoxy) is 1. The molecule has 4 heterocycles. The molecule has 2 fully saturated rings. The molecule has 1 saturated carbocycles. The minimum Gasteiger partial charge on any atom is -0.377 e. The fraction of sp³-hybridized carbons (Fsp3) is 0.381. The number of carbonyl (C=O) groups excluding carboxylic acids is 1. The molecule has 1 saturated heterocycles. The molecule has 2 aliphatic rings. The van der Waals surface area contributed by atoms with Crippen LogP contribution in [0.1, 0.15) is 23.6 Å². The Morgan fingerprint density at radius 1 is 1.32 bits per heavy atom. The van der Waals surface area contributed by atoms with Crippen molar-refractivity contribution in [2.45, 2.75) is 12.5 Å². The first-order chi connectivity index (χ1) is 15.2. The van der Waals surface area contributed by atoms with Crippen LogP contribution in [0.2, 0.25) is 0 Å². The molecule has 31 heavy (non-hydrogen) atoms. The zero-order valence-corrected chi connectivity index (χ0v) is 16.8. The SMILES string of the molecule is CNc1ncc(C#Cc2cnn(C3COC3)c2)c2cc(NC(=O)[C@@H]3C[C@@H]3CF)nnc12. The minimum atomic E-state index is -0.483. The summed E-state index contributed by atoms with van der Waals surface area (Å²) in [5.41, 5.74) is 1.97. The average Bonchev–Trinajstić information content (AvgIpc) is 3.41. The van der Waals surface area contributed by atoms with Crippen molar-refractivity contribution in [2.24, 2.45) is 11.8 Å². The van der Waals surface area contributed by atoms with Gasteiger partial charge in [0.2, 0.25) is 5.91 Å². The summed E-state index contributed by atoms with van der Waals surface area (Å²) in [6.07, 6.45) is 5.82. The highest BCUT2D eigenvalue weighted by molar-refractivity contribution is 5.97. The topological polar surface area (TPSA) is 107 Å². The number of hydrogen-bond donors (Lipinski definition) is 2. The Labute approximate surface area is 177 Å². The highest BCUT2D eigenvalue weighted by Gasteiger charge is 2.43. The lowest BCUT2D eigenvalue weighted by atomic mass is 10.1. The molecule has 2 atom stereocenters. The number of fused-ring (bicyclic) bond motifs is 1. The Morgan fingerprint density at radius 3 is 2.90 bits per heavy atom. The second kappa shape index (κ2) is 7.92. The third-order valence-corrected chi connectivity index (χ3v) is 5.51. The molecule has 158 valence electrons. The van der Waals surface area contributed by atoms with Crippen LogP contribution >= 0.6 is 0 Å². The summed E-state index contributed by atoms with van der Waals surface area (Å²) < 4.78 is 19.8. The standard InChI is InChI=1S/C21H20FN7O2/c1-23-20-19-16(5-18(27-28-19)26-21(30)17-4-14(17)6-22)13(8-24-20)3-2-12-7-25-29(9-12)15-10-31-11-15/h5,7-9,14-15,17H,4,6,10-11H2,1H3,(H,23,24)(H,26,27,30)/t14-,17-/m1/s1. The van der Waals surface area contributed by atoms with Crippen molar-refractivity contribution in [2.75, 3.05) is 37.6 Å². The summed E-state index contributed by atoms with van der Waals surface area (Å²) in [6.45, 7) is 0.839. The van der Waals surface area contributed by atoms with E-state index in [-0.39, 0.29) is 23.8 Å². The van der Waals surface area contributed by atoms with Gasteiger partial charge in [-0.3, -0.25) is 13.9 Å². The van der Waals surface area contributed by atoms with E-state index in [4.69, 9.17) is 4.74 Å². The number of nitrogens with zero attached hydrogens (tertiary/aromatic N) is 5. The Kier molecular flexibility index (Phi) is 4.95. The predicted molar refractivity (Wildman–Crippen MR) is 111 cm³/mol. The first-order valence-corrected chi connectivity index (χ1v) is 10.0. The Bertz CT molecular complexity index is 1210. The first kappa shape index (κ1) is 19.4. The van der Waals surface area contributed by atoms with Gasteiger partial charge in [-0.25, -0.2) is 4.98 Å². The van der Waals surface area contributed by atoms with E-state index in [1.165, 1.54) is 0 Å². The lowest BCUT2D eigenvalue weighted by Gasteiger charge is -2.25. The molecule has 2 N–H and O–H groups in total. The molecule has 1 aliphatic carbocycles. The summed E-state index contributed by atoms with van der Waals surface area (Å²) in [5.74, 6) is 6.35. The molecule has 0 spiro atoms. The van der Waals surface area contributed by atoms with Crippen molar-refractivity contribution in [1.82, 2.24) is 25.0 Å². The summed E-state index contributed by atoms with van der Waals surface area (Å²) in [4.78, 5) is 16.6. The molecule has 0 bridgehead atoms. The maximum atomic E-state index is 12.7. The van der Waals surface area contributed by atoms with Crippen molar-refractivity contribution < 1.29 is 13.9 Å². The van der Waals surface area contributed by atoms with Gasteiger partial charge in [0.05, 0.1) is 43.3 Å². The Hall–Kier alpha value is -3.58. The number of anilines is 2. The third kappa shape index (κ3) is 3.80. The van der Waals surface area contributed by atoms with Crippen LogP contribution in [-0.2, 0) is 9.53 Å². The molecular formula is C21H20FN7O2. The van der Waals surface area contributed by atoms with Gasteiger partial charge in [0, 0.05) is 30.7 Å². The molecule has 9 nitrogen and oxygen atoms in total. The molecule has 5 rings (SSSR count). The minimum absolute atomic E-state index is 0.192. The average molecular weight is 421 g/mol. The van der Waals surface area contributed by atoms with Gasteiger partial charge in [-0.05, 0) is 18.4 Å². The number of nitrogens with one attached hydrogen (secondary N) is 2. The van der Waals surface area contributed by atoms with Crippen molar-refractivity contribution in [3.05, 3.63) is 35.8 Å². The molecular weight excluding hydrogens is 401 g/mol. The van der Waals surface area contributed by atoms with Gasteiger partial charge in [-0.2, -0.15) is 5.10 Å². The van der Waals surface area contributed by atoms with Gasteiger partial charge < -0.3 is 15.4 Å². The normalized spacial score (nSPS) is 19.9. The van der Waals surface area contributed by atoms with Crippen LogP contribution in [0.4, 0.5) is 16.0 Å². The molecule has 3 aromatic rings. The fourth-order valence-electron chi connectivity index (χ4n) is 3.45. The van der Waals surface area contributed by atoms with Crippen molar-refractivity contribution in [3.8, 4) is 11.8 Å². The second-order valence-electron chi connectivity index (χ2n) is 7.66. The summed E-state index contributed by atoms with van der Waals surface area (Å²) in [7, 11) is 1.74. The van der Waals surface area contributed by atoms with Gasteiger partial charge >= 0.3 is 0 Å². The van der Waals surface area contributed by atoms with Crippen LogP contribution in [-0.4, -0.2) is 57.8 Å². The molecule has 0 unspecified atom stereocenters. The molecule has 3 aromatic heterocycles. The highest BCUT2D eigenvalue weighted by atomic mass is 19.1. The second-order valence-corrected chi connectivity index (χ2v) is 7.66. The molecule has 1 aliphatic heterocycles. The Morgan fingerprint density at radius 2 is 2.19 bits per heavy atom. The van der Waals surface area contributed by atoms with Crippen molar-refractivity contribution in [3.63, 3.8) is 0 Å². The predicted octanol–water partition coefficient (Wildman–Crippen LogP) is 1.78. The summed E-state index contributed by atoms with van der Waals surface area (Å²) >= 11 is 0. The van der Waals surface area contributed by atoms with E-state index in [0.29, 0.717) is 47.7 Å². The smallest absolute Gasteiger partial charge is 0.229 e. The van der Waals surface area contributed by atoms with Gasteiger partial charge in [-0.15, -0.1) is 10.2 Å². The lowest BCUT2D eigenvalue weighted by Crippen LogP contribution is -2.30. The summed E-state index contributed by atoms with van der Waals surface area (Å²) in [6, 6.07) is 1.98. The van der Waals surface area contributed by atoms with Gasteiger partial charge in [0.25, 0.3) is 0 Å². The Balaban J connectivity index is 1.44. The first-order valence-electron chi connectivity index (χ1n) is 10.0. The maximum Gasteiger partial charge on any atom is 0.229 e. The van der Waals surface area contributed by atoms with Crippen LogP contribution in [0.5, 0.6) is 0 Å². The lowest BCUT2D eigenvalue weighted by molar-refractivity contribution is -0.117. The number of hydrogen-bond acceptors (Lipinski definition) is 7. The molecule has 0 radical (unpaired) electrons. The molecule has 10 heteroatoms. The number of halogens is 1. The van der Waals surface area contributed by atoms with E-state index in [0.717, 1.165) is 5.56 Å². The largest absolute Gasteiger partial charge is 0.377 e. The van der Waals surface area contributed by atoms with E-state index in [2.05, 4.69) is 42.8 Å². The van der Waals surface area contributed by atoms with Crippen LogP contribution in [0.3, 0.4) is 0 Å². The summed E-state index contributed by atoms with van der Waals surface area (Å²) in [5, 5.41) is 19.1. The van der Waals surface area contributed by atoms with E-state index in [9.17, 15) is 9.18 Å². The third-order valence-electron chi connectivity index (χ3n) is 5.51. The number of pyridine rings is 1. The van der Waals surface area contributed by atoms with Gasteiger partial charge in [0.15, 0.2) is 11.6 Å². The highest BCUT2D eigenvalue weighted by Crippen LogP contribution is 2.39. The van der Waals surface area contributed by atoms with Gasteiger partial charge in [-0.1, -0.05) is 11.8 Å². The molecule has 0 aromatic carbocycles. The van der Waals surface area contributed by atoms with Crippen molar-refractivity contribution in [1.29, 1.82) is 0 Å². The fourth-order valence-corrected chi connectivity index (χ4v) is 3.45. The number of aromatic nitrogens is 5. The van der Waals surface area contributed by atoms with E-state index < -0.39 is 6.67 Å². The van der Waals surface area contributed by atoms with Gasteiger partial charge in [0.1, 0.15) is 5.52 Å². The van der Waals surface area contributed by atoms with E-state index in [1.807, 2.05) is 10.9 Å². The van der Waals surface area contributed by atoms with Crippen molar-refractivity contribution >= 4 is 28.4 Å². The zero-order valence-electron chi connectivity index (χ0n) is 16.8. The molecule has 1 amide bonds. The van der Waals surface area contributed by atoms with Crippen LogP contribution in [0.25, 0.3) is 10.9 Å². The zero-order chi connectivity index (χ0) is 21.4. The number of alkyl halides is 1. The maximum absolute atomic E-state index is 12.7. The van der Waals surface area contributed by atoms with E-state index in [1.54, 1.807) is 25.5 Å². The number of rotatable bonds is 5. The number of carbonyl (C=O) groups is 1. The van der Waals surface area contributed by atoms with Crippen LogP contribution < -0.4 is 10.6 Å². The quantitative estimate of drug-likeness (QED) is 0.605. The van der Waals surface area contributed by atoms with E-state index >= 15 is 0 Å². The van der Waals surface area contributed by atoms with Crippen LogP contribution in [0.15, 0.2) is 24.7 Å².